The fourth-order valence-electron chi connectivity index (χ4n) is 7.34. The highest BCUT2D eigenvalue weighted by Gasteiger charge is 2.45. The van der Waals surface area contributed by atoms with E-state index in [-0.39, 0.29) is 6.42 Å². The Kier molecular flexibility index (Phi) is 12.6. The highest BCUT2D eigenvalue weighted by atomic mass is 19.4. The summed E-state index contributed by atoms with van der Waals surface area (Å²) in [4.78, 5) is 31.5. The van der Waals surface area contributed by atoms with Crippen molar-refractivity contribution in [3.8, 4) is 5.75 Å². The van der Waals surface area contributed by atoms with Crippen LogP contribution in [0.3, 0.4) is 0 Å². The Labute approximate surface area is 287 Å². The van der Waals surface area contributed by atoms with Gasteiger partial charge in [0.15, 0.2) is 0 Å². The molecular weight excluding hydrogens is 633 g/mol. The first kappa shape index (κ1) is 36.3. The van der Waals surface area contributed by atoms with Crippen LogP contribution in [0.4, 0.5) is 19.1 Å². The summed E-state index contributed by atoms with van der Waals surface area (Å²) in [6.45, 7) is 2.81. The Hall–Kier alpha value is -4.02. The number of hydrogen-bond acceptors (Lipinski definition) is 5. The van der Waals surface area contributed by atoms with E-state index >= 15 is 0 Å². The molecule has 2 aromatic carbocycles. The third kappa shape index (κ3) is 10.0. The topological polar surface area (TPSA) is 96.7 Å². The molecule has 2 N–H and O–H groups in total. The number of amides is 1. The number of imidazole rings is 1. The number of alkyl halides is 3. The standard InChI is InChI=1S/C38H49F3N4O4/c1-2-3-4-5-6-7-11-15-32(27-13-9-8-10-14-27)35-33-24-31(49-21-18-30-25-44-20-12-19-42-37(44)43-30)17-16-28(33)22-29(23-34(46)47)36(48)45(35)26-38(39,40)41/h8-10,13-14,16-17,24-25,29,32,35H,2-7,11-12,15,18-23,26H2,1H3,(H,42,43)(H,46,47). The van der Waals surface area contributed by atoms with E-state index in [0.29, 0.717) is 36.3 Å². The number of carboxylic acid groups (broad SMARTS) is 1. The molecule has 0 radical (unpaired) electrons. The maximum atomic E-state index is 14.4. The van der Waals surface area contributed by atoms with Gasteiger partial charge in [-0.25, -0.2) is 4.98 Å². The van der Waals surface area contributed by atoms with E-state index in [9.17, 15) is 27.9 Å². The van der Waals surface area contributed by atoms with Crippen LogP contribution in [0.5, 0.6) is 5.75 Å². The minimum absolute atomic E-state index is 0.0394. The molecule has 0 bridgehead atoms. The molecule has 266 valence electrons. The van der Waals surface area contributed by atoms with Crippen molar-refractivity contribution in [1.29, 1.82) is 0 Å². The van der Waals surface area contributed by atoms with Gasteiger partial charge in [0.1, 0.15) is 12.3 Å². The normalized spacial score (nSPS) is 18.3. The van der Waals surface area contributed by atoms with Gasteiger partial charge in [-0.1, -0.05) is 88.3 Å². The second-order valence-electron chi connectivity index (χ2n) is 13.4. The number of ether oxygens (including phenoxy) is 1. The SMILES string of the molecule is CCCCCCCCCC(c1ccccc1)C1c2cc(OCCc3cn4c(n3)NCCC4)ccc2CC(CC(=O)O)C(=O)N1CC(F)(F)F. The quantitative estimate of drug-likeness (QED) is 0.139. The van der Waals surface area contributed by atoms with E-state index in [1.54, 1.807) is 18.2 Å². The molecule has 11 heteroatoms. The average Bonchev–Trinajstić information content (AvgIpc) is 3.45. The zero-order valence-corrected chi connectivity index (χ0v) is 28.4. The number of anilines is 1. The third-order valence-corrected chi connectivity index (χ3v) is 9.68. The predicted molar refractivity (Wildman–Crippen MR) is 183 cm³/mol. The number of unbranched alkanes of at least 4 members (excludes halogenated alkanes) is 6. The number of carbonyl (C=O) groups is 2. The van der Waals surface area contributed by atoms with Gasteiger partial charge in [0.05, 0.1) is 30.7 Å². The molecule has 8 nitrogen and oxygen atoms in total. The van der Waals surface area contributed by atoms with Crippen molar-refractivity contribution in [3.05, 3.63) is 77.1 Å². The lowest BCUT2D eigenvalue weighted by Crippen LogP contribution is -2.45. The average molecular weight is 683 g/mol. The molecule has 3 aromatic rings. The molecule has 3 heterocycles. The van der Waals surface area contributed by atoms with Gasteiger partial charge in [-0.05, 0) is 48.1 Å². The van der Waals surface area contributed by atoms with E-state index < -0.39 is 48.9 Å². The minimum Gasteiger partial charge on any atom is -0.493 e. The Morgan fingerprint density at radius 1 is 1.08 bits per heavy atom. The Morgan fingerprint density at radius 2 is 1.84 bits per heavy atom. The second-order valence-corrected chi connectivity index (χ2v) is 13.4. The van der Waals surface area contributed by atoms with Crippen LogP contribution in [0.2, 0.25) is 0 Å². The lowest BCUT2D eigenvalue weighted by atomic mass is 9.80. The van der Waals surface area contributed by atoms with Crippen LogP contribution >= 0.6 is 0 Å². The molecule has 0 saturated heterocycles. The molecule has 3 unspecified atom stereocenters. The molecule has 0 fully saturated rings. The smallest absolute Gasteiger partial charge is 0.406 e. The van der Waals surface area contributed by atoms with Crippen molar-refractivity contribution >= 4 is 17.8 Å². The fraction of sp³-hybridized carbons (Fsp3) is 0.553. The summed E-state index contributed by atoms with van der Waals surface area (Å²) in [5, 5.41) is 13.0. The van der Waals surface area contributed by atoms with E-state index in [1.165, 1.54) is 6.42 Å². The van der Waals surface area contributed by atoms with E-state index in [0.717, 1.165) is 80.1 Å². The fourth-order valence-corrected chi connectivity index (χ4v) is 7.34. The van der Waals surface area contributed by atoms with Crippen molar-refractivity contribution in [2.75, 3.05) is 25.0 Å². The van der Waals surface area contributed by atoms with Crippen molar-refractivity contribution in [1.82, 2.24) is 14.5 Å². The van der Waals surface area contributed by atoms with E-state index in [1.807, 2.05) is 36.5 Å². The molecule has 1 aromatic heterocycles. The van der Waals surface area contributed by atoms with Gasteiger partial charge in [0, 0.05) is 31.6 Å². The van der Waals surface area contributed by atoms with E-state index in [4.69, 9.17) is 4.74 Å². The maximum absolute atomic E-state index is 14.4. The van der Waals surface area contributed by atoms with Gasteiger partial charge >= 0.3 is 12.1 Å². The first-order valence-electron chi connectivity index (χ1n) is 17.8. The van der Waals surface area contributed by atoms with Gasteiger partial charge in [0.2, 0.25) is 11.9 Å². The lowest BCUT2D eigenvalue weighted by molar-refractivity contribution is -0.170. The van der Waals surface area contributed by atoms with Gasteiger partial charge in [0.25, 0.3) is 0 Å². The van der Waals surface area contributed by atoms with Crippen LogP contribution in [0.1, 0.15) is 105 Å². The van der Waals surface area contributed by atoms with Crippen LogP contribution in [0.25, 0.3) is 0 Å². The summed E-state index contributed by atoms with van der Waals surface area (Å²) in [6, 6.07) is 13.8. The van der Waals surface area contributed by atoms with Gasteiger partial charge in [-0.3, -0.25) is 9.59 Å². The Balaban J connectivity index is 1.48. The predicted octanol–water partition coefficient (Wildman–Crippen LogP) is 8.32. The Morgan fingerprint density at radius 3 is 2.55 bits per heavy atom. The number of hydrogen-bond donors (Lipinski definition) is 2. The van der Waals surface area contributed by atoms with Crippen molar-refractivity contribution in [2.24, 2.45) is 5.92 Å². The van der Waals surface area contributed by atoms with Crippen LogP contribution < -0.4 is 10.1 Å². The highest BCUT2D eigenvalue weighted by molar-refractivity contribution is 5.85. The molecule has 0 aliphatic carbocycles. The number of carbonyl (C=O) groups excluding carboxylic acids is 1. The monoisotopic (exact) mass is 682 g/mol. The molecule has 2 aliphatic heterocycles. The van der Waals surface area contributed by atoms with Gasteiger partial charge < -0.3 is 24.6 Å². The number of rotatable bonds is 17. The Bertz CT molecular complexity index is 1500. The number of aryl methyl sites for hydroxylation is 1. The number of nitrogens with zero attached hydrogens (tertiary/aromatic N) is 3. The van der Waals surface area contributed by atoms with Gasteiger partial charge in [-0.15, -0.1) is 0 Å². The van der Waals surface area contributed by atoms with Gasteiger partial charge in [-0.2, -0.15) is 13.2 Å². The zero-order valence-electron chi connectivity index (χ0n) is 28.4. The molecule has 2 aliphatic rings. The number of nitrogens with one attached hydrogen (secondary N) is 1. The number of aliphatic carboxylic acids is 1. The highest BCUT2D eigenvalue weighted by Crippen LogP contribution is 2.46. The summed E-state index contributed by atoms with van der Waals surface area (Å²) in [5.41, 5.74) is 3.00. The van der Waals surface area contributed by atoms with Crippen LogP contribution in [0.15, 0.2) is 54.7 Å². The summed E-state index contributed by atoms with van der Waals surface area (Å²) < 4.78 is 51.3. The number of benzene rings is 2. The van der Waals surface area contributed by atoms with Crippen molar-refractivity contribution in [3.63, 3.8) is 0 Å². The molecule has 1 amide bonds. The summed E-state index contributed by atoms with van der Waals surface area (Å²) >= 11 is 0. The second kappa shape index (κ2) is 17.1. The molecular formula is C38H49F3N4O4. The maximum Gasteiger partial charge on any atom is 0.406 e. The van der Waals surface area contributed by atoms with Crippen molar-refractivity contribution < 1.29 is 32.6 Å². The van der Waals surface area contributed by atoms with E-state index in [2.05, 4.69) is 21.8 Å². The number of halogens is 3. The summed E-state index contributed by atoms with van der Waals surface area (Å²) in [7, 11) is 0. The molecule has 0 spiro atoms. The number of aromatic nitrogens is 2. The lowest BCUT2D eigenvalue weighted by Gasteiger charge is -2.38. The summed E-state index contributed by atoms with van der Waals surface area (Å²) in [5.74, 6) is -2.22. The molecule has 5 rings (SSSR count). The first-order valence-corrected chi connectivity index (χ1v) is 17.8. The minimum atomic E-state index is -4.68. The number of carboxylic acids is 1. The van der Waals surface area contributed by atoms with Crippen molar-refractivity contribution in [2.45, 2.75) is 109 Å². The number of fused-ring (bicyclic) bond motifs is 2. The largest absolute Gasteiger partial charge is 0.493 e. The third-order valence-electron chi connectivity index (χ3n) is 9.68. The zero-order chi connectivity index (χ0) is 34.8. The first-order chi connectivity index (χ1) is 23.6. The van der Waals surface area contributed by atoms with Crippen LogP contribution in [-0.2, 0) is 29.0 Å². The van der Waals surface area contributed by atoms with Crippen LogP contribution in [0, 0.1) is 5.92 Å². The summed E-state index contributed by atoms with van der Waals surface area (Å²) in [6.07, 6.45) is 6.37. The molecule has 49 heavy (non-hydrogen) atoms. The molecule has 3 atom stereocenters. The molecule has 0 saturated carbocycles. The van der Waals surface area contributed by atoms with Crippen LogP contribution in [-0.4, -0.2) is 57.3 Å².